The predicted octanol–water partition coefficient (Wildman–Crippen LogP) is 1.08. The van der Waals surface area contributed by atoms with Crippen LogP contribution in [-0.4, -0.2) is 36.8 Å². The van der Waals surface area contributed by atoms with Gasteiger partial charge in [-0.2, -0.15) is 0 Å². The molecule has 0 saturated carbocycles. The van der Waals surface area contributed by atoms with E-state index in [0.717, 1.165) is 32.2 Å². The van der Waals surface area contributed by atoms with Crippen molar-refractivity contribution in [2.24, 2.45) is 5.41 Å². The zero-order valence-electron chi connectivity index (χ0n) is 10.8. The Bertz CT molecular complexity index is 218. The van der Waals surface area contributed by atoms with Gasteiger partial charge in [-0.05, 0) is 32.2 Å². The van der Waals surface area contributed by atoms with E-state index in [-0.39, 0.29) is 36.4 Å². The molecule has 0 aliphatic carbocycles. The molecular formula is C12H25ClN2O2. The average Bonchev–Trinajstić information content (AvgIpc) is 2.85. The third kappa shape index (κ3) is 4.45. The number of hydrogen-bond donors (Lipinski definition) is 3. The fourth-order valence-corrected chi connectivity index (χ4v) is 2.09. The van der Waals surface area contributed by atoms with Gasteiger partial charge in [0.1, 0.15) is 0 Å². The van der Waals surface area contributed by atoms with Crippen LogP contribution < -0.4 is 10.6 Å². The normalized spacial score (nSPS) is 19.8. The molecule has 0 aromatic heterocycles. The molecule has 0 aromatic rings. The average molecular weight is 265 g/mol. The molecule has 1 atom stereocenters. The van der Waals surface area contributed by atoms with Gasteiger partial charge in [-0.25, -0.2) is 0 Å². The molecule has 0 spiro atoms. The third-order valence-electron chi connectivity index (χ3n) is 3.85. The summed E-state index contributed by atoms with van der Waals surface area (Å²) in [6.45, 7) is 5.76. The summed E-state index contributed by atoms with van der Waals surface area (Å²) >= 11 is 0. The minimum absolute atomic E-state index is 0. The largest absolute Gasteiger partial charge is 0.396 e. The van der Waals surface area contributed by atoms with Gasteiger partial charge in [0.25, 0.3) is 0 Å². The molecule has 0 bridgehead atoms. The fourth-order valence-electron chi connectivity index (χ4n) is 2.09. The number of carbonyl (C=O) groups excluding carboxylic acids is 1. The van der Waals surface area contributed by atoms with Crippen molar-refractivity contribution in [2.45, 2.75) is 45.6 Å². The van der Waals surface area contributed by atoms with Crippen LogP contribution in [0.4, 0.5) is 0 Å². The number of carbonyl (C=O) groups is 1. The maximum absolute atomic E-state index is 11.8. The molecule has 5 heteroatoms. The molecule has 1 fully saturated rings. The van der Waals surface area contributed by atoms with E-state index < -0.39 is 0 Å². The van der Waals surface area contributed by atoms with Crippen LogP contribution in [0.2, 0.25) is 0 Å². The Balaban J connectivity index is 0.00000256. The SMILES string of the molecule is CCC(CC)(CO)CNC(=O)C1CCCN1.Cl. The quantitative estimate of drug-likeness (QED) is 0.673. The topological polar surface area (TPSA) is 61.4 Å². The smallest absolute Gasteiger partial charge is 0.237 e. The summed E-state index contributed by atoms with van der Waals surface area (Å²) in [6, 6.07) is -0.0231. The van der Waals surface area contributed by atoms with Gasteiger partial charge in [0.05, 0.1) is 12.6 Å². The van der Waals surface area contributed by atoms with Gasteiger partial charge in [0, 0.05) is 12.0 Å². The summed E-state index contributed by atoms with van der Waals surface area (Å²) in [5.41, 5.74) is -0.145. The number of hydrogen-bond acceptors (Lipinski definition) is 3. The van der Waals surface area contributed by atoms with E-state index in [1.807, 2.05) is 0 Å². The number of aliphatic hydroxyl groups excluding tert-OH is 1. The van der Waals surface area contributed by atoms with Gasteiger partial charge in [0.2, 0.25) is 5.91 Å². The molecular weight excluding hydrogens is 240 g/mol. The summed E-state index contributed by atoms with van der Waals surface area (Å²) in [4.78, 5) is 11.8. The maximum Gasteiger partial charge on any atom is 0.237 e. The highest BCUT2D eigenvalue weighted by atomic mass is 35.5. The lowest BCUT2D eigenvalue weighted by Crippen LogP contribution is -2.46. The molecule has 1 aliphatic heterocycles. The monoisotopic (exact) mass is 264 g/mol. The van der Waals surface area contributed by atoms with E-state index in [2.05, 4.69) is 24.5 Å². The Hall–Kier alpha value is -0.320. The minimum atomic E-state index is -0.145. The first-order chi connectivity index (χ1) is 7.67. The Labute approximate surface area is 110 Å². The molecule has 1 saturated heterocycles. The van der Waals surface area contributed by atoms with Crippen molar-refractivity contribution in [1.82, 2.24) is 10.6 Å². The van der Waals surface area contributed by atoms with Crippen molar-refractivity contribution in [1.29, 1.82) is 0 Å². The summed E-state index contributed by atoms with van der Waals surface area (Å²) in [5, 5.41) is 15.5. The second kappa shape index (κ2) is 7.90. The highest BCUT2D eigenvalue weighted by Crippen LogP contribution is 2.24. The van der Waals surface area contributed by atoms with Gasteiger partial charge < -0.3 is 15.7 Å². The molecule has 17 heavy (non-hydrogen) atoms. The lowest BCUT2D eigenvalue weighted by Gasteiger charge is -2.30. The lowest BCUT2D eigenvalue weighted by atomic mass is 9.83. The van der Waals surface area contributed by atoms with Crippen LogP contribution >= 0.6 is 12.4 Å². The lowest BCUT2D eigenvalue weighted by molar-refractivity contribution is -0.123. The van der Waals surface area contributed by atoms with Gasteiger partial charge in [-0.1, -0.05) is 13.8 Å². The van der Waals surface area contributed by atoms with Crippen LogP contribution in [0.5, 0.6) is 0 Å². The summed E-state index contributed by atoms with van der Waals surface area (Å²) < 4.78 is 0. The summed E-state index contributed by atoms with van der Waals surface area (Å²) in [5.74, 6) is 0.0808. The van der Waals surface area contributed by atoms with Gasteiger partial charge >= 0.3 is 0 Å². The number of amides is 1. The second-order valence-corrected chi connectivity index (χ2v) is 4.73. The second-order valence-electron chi connectivity index (χ2n) is 4.73. The molecule has 1 unspecified atom stereocenters. The Morgan fingerprint density at radius 1 is 1.47 bits per heavy atom. The van der Waals surface area contributed by atoms with Crippen molar-refractivity contribution >= 4 is 18.3 Å². The molecule has 1 aliphatic rings. The molecule has 0 radical (unpaired) electrons. The van der Waals surface area contributed by atoms with Crippen LogP contribution in [0.25, 0.3) is 0 Å². The Morgan fingerprint density at radius 3 is 2.53 bits per heavy atom. The zero-order valence-corrected chi connectivity index (χ0v) is 11.6. The van der Waals surface area contributed by atoms with Crippen molar-refractivity contribution < 1.29 is 9.90 Å². The summed E-state index contributed by atoms with van der Waals surface area (Å²) in [6.07, 6.45) is 3.78. The van der Waals surface area contributed by atoms with Crippen LogP contribution in [-0.2, 0) is 4.79 Å². The molecule has 1 amide bonds. The fraction of sp³-hybridized carbons (Fsp3) is 0.917. The van der Waals surface area contributed by atoms with Crippen LogP contribution in [0.3, 0.4) is 0 Å². The number of halogens is 1. The predicted molar refractivity (Wildman–Crippen MR) is 71.4 cm³/mol. The standard InChI is InChI=1S/C12H24N2O2.ClH/c1-3-12(4-2,9-15)8-14-11(16)10-6-5-7-13-10;/h10,13,15H,3-9H2,1-2H3,(H,14,16);1H. The molecule has 0 aromatic carbocycles. The van der Waals surface area contributed by atoms with Crippen molar-refractivity contribution in [3.63, 3.8) is 0 Å². The highest BCUT2D eigenvalue weighted by molar-refractivity contribution is 5.85. The van der Waals surface area contributed by atoms with E-state index in [9.17, 15) is 9.90 Å². The first kappa shape index (κ1) is 16.7. The molecule has 1 rings (SSSR count). The Kier molecular flexibility index (Phi) is 7.75. The maximum atomic E-state index is 11.8. The summed E-state index contributed by atoms with van der Waals surface area (Å²) in [7, 11) is 0. The van der Waals surface area contributed by atoms with Gasteiger partial charge in [0.15, 0.2) is 0 Å². The third-order valence-corrected chi connectivity index (χ3v) is 3.85. The van der Waals surface area contributed by atoms with E-state index >= 15 is 0 Å². The van der Waals surface area contributed by atoms with E-state index in [1.54, 1.807) is 0 Å². The number of aliphatic hydroxyl groups is 1. The van der Waals surface area contributed by atoms with Crippen LogP contribution in [0.1, 0.15) is 39.5 Å². The minimum Gasteiger partial charge on any atom is -0.396 e. The van der Waals surface area contributed by atoms with Crippen LogP contribution in [0, 0.1) is 5.41 Å². The molecule has 3 N–H and O–H groups in total. The first-order valence-electron chi connectivity index (χ1n) is 6.29. The van der Waals surface area contributed by atoms with Crippen LogP contribution in [0.15, 0.2) is 0 Å². The van der Waals surface area contributed by atoms with Crippen molar-refractivity contribution in [3.8, 4) is 0 Å². The number of rotatable bonds is 6. The molecule has 1 heterocycles. The van der Waals surface area contributed by atoms with E-state index in [1.165, 1.54) is 0 Å². The molecule has 4 nitrogen and oxygen atoms in total. The zero-order chi connectivity index (χ0) is 12.0. The van der Waals surface area contributed by atoms with Gasteiger partial charge in [-0.3, -0.25) is 4.79 Å². The Morgan fingerprint density at radius 2 is 2.12 bits per heavy atom. The van der Waals surface area contributed by atoms with Gasteiger partial charge in [-0.15, -0.1) is 12.4 Å². The van der Waals surface area contributed by atoms with Crippen molar-refractivity contribution in [2.75, 3.05) is 19.7 Å². The first-order valence-corrected chi connectivity index (χ1v) is 6.29. The number of nitrogens with one attached hydrogen (secondary N) is 2. The van der Waals surface area contributed by atoms with E-state index in [0.29, 0.717) is 6.54 Å². The van der Waals surface area contributed by atoms with Crippen molar-refractivity contribution in [3.05, 3.63) is 0 Å². The molecule has 102 valence electrons. The van der Waals surface area contributed by atoms with E-state index in [4.69, 9.17) is 0 Å². The highest BCUT2D eigenvalue weighted by Gasteiger charge is 2.28.